The third kappa shape index (κ3) is 7.55. The van der Waals surface area contributed by atoms with E-state index >= 15 is 0 Å². The number of hydrogen-bond acceptors (Lipinski definition) is 6. The van der Waals surface area contributed by atoms with Gasteiger partial charge in [0.15, 0.2) is 0 Å². The largest absolute Gasteiger partial charge is 0.379 e. The van der Waals surface area contributed by atoms with Crippen LogP contribution in [-0.4, -0.2) is 90.7 Å². The number of hydrogen-bond donors (Lipinski definition) is 2. The molecule has 27 heavy (non-hydrogen) atoms. The van der Waals surface area contributed by atoms with Gasteiger partial charge in [-0.25, -0.2) is 13.1 Å². The summed E-state index contributed by atoms with van der Waals surface area (Å²) in [6.07, 6.45) is 0.732. The van der Waals surface area contributed by atoms with Gasteiger partial charge in [0, 0.05) is 38.3 Å². The number of ether oxygens (including phenoxy) is 1. The maximum Gasteiger partial charge on any atom is 0.251 e. The van der Waals surface area contributed by atoms with Crippen molar-refractivity contribution in [1.82, 2.24) is 19.8 Å². The maximum atomic E-state index is 12.3. The minimum Gasteiger partial charge on any atom is -0.379 e. The van der Waals surface area contributed by atoms with Crippen molar-refractivity contribution in [3.63, 3.8) is 0 Å². The number of nitrogens with zero attached hydrogens (tertiary/aromatic N) is 2. The summed E-state index contributed by atoms with van der Waals surface area (Å²) in [6, 6.07) is 6.01. The Kier molecular flexibility index (Phi) is 8.65. The zero-order chi connectivity index (χ0) is 19.7. The second-order valence-electron chi connectivity index (χ2n) is 6.79. The van der Waals surface area contributed by atoms with Crippen LogP contribution >= 0.6 is 0 Å². The fourth-order valence-corrected chi connectivity index (χ4v) is 3.80. The quantitative estimate of drug-likeness (QED) is 0.538. The molecule has 9 heteroatoms. The van der Waals surface area contributed by atoms with Crippen molar-refractivity contribution < 1.29 is 17.9 Å². The minimum absolute atomic E-state index is 0.164. The van der Waals surface area contributed by atoms with E-state index in [0.717, 1.165) is 45.8 Å². The van der Waals surface area contributed by atoms with Gasteiger partial charge >= 0.3 is 0 Å². The zero-order valence-corrected chi connectivity index (χ0v) is 16.9. The number of morpholine rings is 1. The van der Waals surface area contributed by atoms with E-state index in [4.69, 9.17) is 4.74 Å². The number of rotatable bonds is 10. The highest BCUT2D eigenvalue weighted by Crippen LogP contribution is 2.10. The summed E-state index contributed by atoms with van der Waals surface area (Å²) >= 11 is 0. The van der Waals surface area contributed by atoms with Gasteiger partial charge in [0.05, 0.1) is 18.1 Å². The molecule has 1 saturated heterocycles. The van der Waals surface area contributed by atoms with E-state index < -0.39 is 10.0 Å². The van der Waals surface area contributed by atoms with Crippen molar-refractivity contribution in [3.8, 4) is 0 Å². The molecule has 0 aromatic heterocycles. The van der Waals surface area contributed by atoms with Gasteiger partial charge in [-0.1, -0.05) is 0 Å². The van der Waals surface area contributed by atoms with Crippen molar-refractivity contribution in [2.24, 2.45) is 0 Å². The Labute approximate surface area is 161 Å². The molecule has 0 aliphatic carbocycles. The van der Waals surface area contributed by atoms with Gasteiger partial charge < -0.3 is 15.0 Å². The molecule has 2 N–H and O–H groups in total. The molecule has 2 rings (SSSR count). The molecule has 0 bridgehead atoms. The molecule has 1 fully saturated rings. The van der Waals surface area contributed by atoms with Crippen LogP contribution in [0, 0.1) is 0 Å². The van der Waals surface area contributed by atoms with Gasteiger partial charge in [-0.05, 0) is 51.3 Å². The lowest BCUT2D eigenvalue weighted by molar-refractivity contribution is 0.0383. The van der Waals surface area contributed by atoms with Crippen molar-refractivity contribution in [2.45, 2.75) is 11.3 Å². The van der Waals surface area contributed by atoms with E-state index in [1.165, 1.54) is 12.1 Å². The number of amides is 1. The van der Waals surface area contributed by atoms with Gasteiger partial charge in [0.2, 0.25) is 10.0 Å². The first-order valence-electron chi connectivity index (χ1n) is 9.21. The van der Waals surface area contributed by atoms with Crippen LogP contribution < -0.4 is 10.0 Å². The van der Waals surface area contributed by atoms with Crippen LogP contribution in [0.5, 0.6) is 0 Å². The molecular formula is C18H30N4O4S. The molecule has 1 aromatic carbocycles. The summed E-state index contributed by atoms with van der Waals surface area (Å²) < 4.78 is 32.4. The Hall–Kier alpha value is -1.52. The first-order chi connectivity index (χ1) is 12.9. The van der Waals surface area contributed by atoms with E-state index in [9.17, 15) is 13.2 Å². The smallest absolute Gasteiger partial charge is 0.251 e. The zero-order valence-electron chi connectivity index (χ0n) is 16.1. The number of sulfonamides is 1. The standard InChI is InChI=1S/C18H30N4O4S/c1-21(2)10-3-8-20-27(24,25)17-6-4-16(5-7-17)18(23)19-9-11-22-12-14-26-15-13-22/h4-7,20H,3,8-15H2,1-2H3,(H,19,23). The van der Waals surface area contributed by atoms with Crippen molar-refractivity contribution in [2.75, 3.05) is 66.6 Å². The predicted octanol–water partition coefficient (Wildman–Crippen LogP) is -0.0214. The molecule has 1 amide bonds. The first-order valence-corrected chi connectivity index (χ1v) is 10.7. The van der Waals surface area contributed by atoms with Crippen LogP contribution in [0.2, 0.25) is 0 Å². The van der Waals surface area contributed by atoms with Crippen LogP contribution in [-0.2, 0) is 14.8 Å². The Morgan fingerprint density at radius 2 is 1.81 bits per heavy atom. The molecule has 0 unspecified atom stereocenters. The maximum absolute atomic E-state index is 12.3. The third-order valence-electron chi connectivity index (χ3n) is 4.32. The van der Waals surface area contributed by atoms with Crippen LogP contribution in [0.4, 0.5) is 0 Å². The molecule has 0 saturated carbocycles. The third-order valence-corrected chi connectivity index (χ3v) is 5.80. The summed E-state index contributed by atoms with van der Waals surface area (Å²) in [5.41, 5.74) is 0.448. The fraction of sp³-hybridized carbons (Fsp3) is 0.611. The number of carbonyl (C=O) groups is 1. The minimum atomic E-state index is -3.55. The van der Waals surface area contributed by atoms with Gasteiger partial charge in [0.1, 0.15) is 0 Å². The van der Waals surface area contributed by atoms with Crippen molar-refractivity contribution >= 4 is 15.9 Å². The fourth-order valence-electron chi connectivity index (χ4n) is 2.72. The molecule has 152 valence electrons. The highest BCUT2D eigenvalue weighted by Gasteiger charge is 2.15. The lowest BCUT2D eigenvalue weighted by Crippen LogP contribution is -2.41. The summed E-state index contributed by atoms with van der Waals surface area (Å²) in [4.78, 5) is 16.6. The van der Waals surface area contributed by atoms with Gasteiger partial charge in [-0.3, -0.25) is 9.69 Å². The first kappa shape index (κ1) is 21.8. The monoisotopic (exact) mass is 398 g/mol. The Morgan fingerprint density at radius 1 is 1.15 bits per heavy atom. The van der Waals surface area contributed by atoms with Crippen LogP contribution in [0.3, 0.4) is 0 Å². The average Bonchev–Trinajstić information content (AvgIpc) is 2.66. The van der Waals surface area contributed by atoms with Crippen molar-refractivity contribution in [1.29, 1.82) is 0 Å². The van der Waals surface area contributed by atoms with Gasteiger partial charge in [-0.2, -0.15) is 0 Å². The molecule has 0 spiro atoms. The summed E-state index contributed by atoms with van der Waals surface area (Å²) in [5, 5.41) is 2.87. The molecule has 1 aromatic rings. The second-order valence-corrected chi connectivity index (χ2v) is 8.56. The summed E-state index contributed by atoms with van der Waals surface area (Å²) in [7, 11) is 0.336. The Bertz CT molecular complexity index is 686. The van der Waals surface area contributed by atoms with Gasteiger partial charge in [-0.15, -0.1) is 0 Å². The van der Waals surface area contributed by atoms with Crippen LogP contribution in [0.15, 0.2) is 29.2 Å². The molecule has 0 radical (unpaired) electrons. The SMILES string of the molecule is CN(C)CCCNS(=O)(=O)c1ccc(C(=O)NCCN2CCOCC2)cc1. The highest BCUT2D eigenvalue weighted by molar-refractivity contribution is 7.89. The van der Waals surface area contributed by atoms with Gasteiger partial charge in [0.25, 0.3) is 5.91 Å². The molecular weight excluding hydrogens is 368 g/mol. The molecule has 1 heterocycles. The van der Waals surface area contributed by atoms with Crippen LogP contribution in [0.25, 0.3) is 0 Å². The lowest BCUT2D eigenvalue weighted by atomic mass is 10.2. The van der Waals surface area contributed by atoms with Crippen molar-refractivity contribution in [3.05, 3.63) is 29.8 Å². The number of nitrogens with one attached hydrogen (secondary N) is 2. The normalized spacial score (nSPS) is 15.8. The Balaban J connectivity index is 1.79. The molecule has 1 aliphatic heterocycles. The van der Waals surface area contributed by atoms with E-state index in [-0.39, 0.29) is 10.8 Å². The summed E-state index contributed by atoms with van der Waals surface area (Å²) in [5.74, 6) is -0.203. The Morgan fingerprint density at radius 3 is 2.44 bits per heavy atom. The van der Waals surface area contributed by atoms with E-state index in [1.54, 1.807) is 12.1 Å². The van der Waals surface area contributed by atoms with Crippen LogP contribution in [0.1, 0.15) is 16.8 Å². The summed E-state index contributed by atoms with van der Waals surface area (Å²) in [6.45, 7) is 5.73. The molecule has 0 atom stereocenters. The lowest BCUT2D eigenvalue weighted by Gasteiger charge is -2.26. The average molecular weight is 399 g/mol. The van der Waals surface area contributed by atoms with E-state index in [0.29, 0.717) is 18.7 Å². The highest BCUT2D eigenvalue weighted by atomic mass is 32.2. The second kappa shape index (κ2) is 10.7. The molecule has 8 nitrogen and oxygen atoms in total. The topological polar surface area (TPSA) is 91.0 Å². The molecule has 1 aliphatic rings. The predicted molar refractivity (Wildman–Crippen MR) is 104 cm³/mol. The number of benzene rings is 1. The number of carbonyl (C=O) groups excluding carboxylic acids is 1. The van der Waals surface area contributed by atoms with E-state index in [1.807, 2.05) is 19.0 Å². The van der Waals surface area contributed by atoms with E-state index in [2.05, 4.69) is 14.9 Å².